The summed E-state index contributed by atoms with van der Waals surface area (Å²) in [4.78, 5) is 2.25. The molecule has 2 fully saturated rings. The van der Waals surface area contributed by atoms with Crippen LogP contribution in [0.25, 0.3) is 0 Å². The van der Waals surface area contributed by atoms with Gasteiger partial charge in [-0.25, -0.2) is 0 Å². The Morgan fingerprint density at radius 2 is 2.07 bits per heavy atom. The minimum Gasteiger partial charge on any atom is -0.388 e. The Hall–Kier alpha value is -0.120. The molecule has 2 aliphatic rings. The van der Waals surface area contributed by atoms with Gasteiger partial charge in [-0.15, -0.1) is 0 Å². The van der Waals surface area contributed by atoms with Crippen molar-refractivity contribution in [3.8, 4) is 0 Å². The number of piperidine rings is 1. The molecule has 0 aromatic heterocycles. The van der Waals surface area contributed by atoms with Crippen molar-refractivity contribution in [1.29, 1.82) is 0 Å². The lowest BCUT2D eigenvalue weighted by Gasteiger charge is -2.44. The van der Waals surface area contributed by atoms with Crippen molar-refractivity contribution in [1.82, 2.24) is 4.90 Å². The van der Waals surface area contributed by atoms with Crippen LogP contribution < -0.4 is 0 Å². The molecule has 14 heavy (non-hydrogen) atoms. The van der Waals surface area contributed by atoms with Gasteiger partial charge >= 0.3 is 0 Å². The largest absolute Gasteiger partial charge is 0.388 e. The van der Waals surface area contributed by atoms with Gasteiger partial charge in [0, 0.05) is 19.8 Å². The maximum absolute atomic E-state index is 10.6. The van der Waals surface area contributed by atoms with E-state index in [4.69, 9.17) is 4.74 Å². The predicted molar refractivity (Wildman–Crippen MR) is 55.2 cm³/mol. The van der Waals surface area contributed by atoms with E-state index in [9.17, 15) is 5.11 Å². The van der Waals surface area contributed by atoms with E-state index in [2.05, 4.69) is 11.9 Å². The molecule has 2 rings (SSSR count). The second kappa shape index (κ2) is 4.17. The van der Waals surface area contributed by atoms with E-state index in [1.807, 2.05) is 0 Å². The van der Waals surface area contributed by atoms with Gasteiger partial charge in [0.05, 0.1) is 5.60 Å². The Morgan fingerprint density at radius 3 is 2.71 bits per heavy atom. The van der Waals surface area contributed by atoms with Crippen LogP contribution in [0.15, 0.2) is 0 Å². The fourth-order valence-corrected chi connectivity index (χ4v) is 2.85. The zero-order valence-corrected chi connectivity index (χ0v) is 9.04. The number of likely N-dealkylation sites (tertiary alicyclic amines) is 1. The molecule has 2 saturated heterocycles. The van der Waals surface area contributed by atoms with Crippen molar-refractivity contribution in [2.24, 2.45) is 5.92 Å². The summed E-state index contributed by atoms with van der Waals surface area (Å²) < 4.78 is 5.34. The zero-order valence-electron chi connectivity index (χ0n) is 9.04. The number of nitrogens with zero attached hydrogens (tertiary/aromatic N) is 1. The van der Waals surface area contributed by atoms with Crippen LogP contribution in [0.5, 0.6) is 0 Å². The van der Waals surface area contributed by atoms with Crippen LogP contribution in [-0.4, -0.2) is 49.0 Å². The third-order valence-corrected chi connectivity index (χ3v) is 3.67. The quantitative estimate of drug-likeness (QED) is 0.680. The summed E-state index contributed by atoms with van der Waals surface area (Å²) in [5.74, 6) is 0.457. The van der Waals surface area contributed by atoms with Crippen LogP contribution in [0.2, 0.25) is 0 Å². The van der Waals surface area contributed by atoms with Gasteiger partial charge in [0.15, 0.2) is 0 Å². The molecule has 0 aromatic rings. The van der Waals surface area contributed by atoms with E-state index in [0.717, 1.165) is 52.0 Å². The summed E-state index contributed by atoms with van der Waals surface area (Å²) in [6, 6.07) is 0. The number of likely N-dealkylation sites (N-methyl/N-ethyl adjacent to an activating group) is 1. The molecule has 0 aliphatic carbocycles. The number of β-amino-alcohol motifs (C(OH)–C–C–N with tert-alkyl or cyclic N) is 1. The lowest BCUT2D eigenvalue weighted by Crippen LogP contribution is -2.52. The monoisotopic (exact) mass is 199 g/mol. The van der Waals surface area contributed by atoms with Gasteiger partial charge in [0.2, 0.25) is 0 Å². The van der Waals surface area contributed by atoms with Gasteiger partial charge in [-0.2, -0.15) is 0 Å². The van der Waals surface area contributed by atoms with E-state index in [1.54, 1.807) is 0 Å². The highest BCUT2D eigenvalue weighted by Gasteiger charge is 2.39. The highest BCUT2D eigenvalue weighted by atomic mass is 16.5. The third kappa shape index (κ3) is 2.10. The lowest BCUT2D eigenvalue weighted by molar-refractivity contribution is -0.0995. The van der Waals surface area contributed by atoms with Crippen LogP contribution in [0.3, 0.4) is 0 Å². The fraction of sp³-hybridized carbons (Fsp3) is 1.00. The molecule has 0 aromatic carbocycles. The van der Waals surface area contributed by atoms with Gasteiger partial charge in [-0.05, 0) is 45.2 Å². The third-order valence-electron chi connectivity index (χ3n) is 3.67. The summed E-state index contributed by atoms with van der Waals surface area (Å²) in [5.41, 5.74) is -0.434. The lowest BCUT2D eigenvalue weighted by atomic mass is 9.77. The molecule has 0 radical (unpaired) electrons. The Bertz CT molecular complexity index is 192. The van der Waals surface area contributed by atoms with E-state index < -0.39 is 5.60 Å². The summed E-state index contributed by atoms with van der Waals surface area (Å²) in [6.45, 7) is 3.64. The van der Waals surface area contributed by atoms with Crippen molar-refractivity contribution >= 4 is 0 Å². The Kier molecular flexibility index (Phi) is 3.10. The van der Waals surface area contributed by atoms with E-state index in [0.29, 0.717) is 5.92 Å². The van der Waals surface area contributed by atoms with Crippen molar-refractivity contribution < 1.29 is 9.84 Å². The topological polar surface area (TPSA) is 32.7 Å². The molecular weight excluding hydrogens is 178 g/mol. The molecule has 2 aliphatic heterocycles. The zero-order chi connectivity index (χ0) is 10.0. The molecule has 1 atom stereocenters. The van der Waals surface area contributed by atoms with Crippen LogP contribution in [-0.2, 0) is 4.74 Å². The molecule has 82 valence electrons. The average Bonchev–Trinajstić information content (AvgIpc) is 2.19. The van der Waals surface area contributed by atoms with E-state index >= 15 is 0 Å². The summed E-state index contributed by atoms with van der Waals surface area (Å²) in [6.07, 6.45) is 4.17. The van der Waals surface area contributed by atoms with Crippen molar-refractivity contribution in [3.05, 3.63) is 0 Å². The van der Waals surface area contributed by atoms with Crippen LogP contribution in [0, 0.1) is 5.92 Å². The minimum atomic E-state index is -0.434. The smallest absolute Gasteiger partial charge is 0.0804 e. The summed E-state index contributed by atoms with van der Waals surface area (Å²) in [7, 11) is 2.10. The maximum Gasteiger partial charge on any atom is 0.0804 e. The Morgan fingerprint density at radius 1 is 1.36 bits per heavy atom. The average molecular weight is 199 g/mol. The van der Waals surface area contributed by atoms with E-state index in [-0.39, 0.29) is 0 Å². The number of aliphatic hydroxyl groups is 1. The predicted octanol–water partition coefficient (Wildman–Crippen LogP) is 0.870. The number of hydrogen-bond donors (Lipinski definition) is 1. The van der Waals surface area contributed by atoms with Crippen LogP contribution in [0.4, 0.5) is 0 Å². The second-order valence-electron chi connectivity index (χ2n) is 4.83. The first kappa shape index (κ1) is 10.4. The molecule has 3 nitrogen and oxygen atoms in total. The highest BCUT2D eigenvalue weighted by molar-refractivity contribution is 4.92. The number of hydrogen-bond acceptors (Lipinski definition) is 3. The first-order chi connectivity index (χ1) is 6.71. The van der Waals surface area contributed by atoms with Gasteiger partial charge in [0.1, 0.15) is 0 Å². The molecule has 0 amide bonds. The molecule has 1 N–H and O–H groups in total. The Labute approximate surface area is 86.0 Å². The molecule has 1 unspecified atom stereocenters. The molecule has 0 spiro atoms. The van der Waals surface area contributed by atoms with Gasteiger partial charge in [-0.1, -0.05) is 0 Å². The van der Waals surface area contributed by atoms with Gasteiger partial charge < -0.3 is 14.7 Å². The second-order valence-corrected chi connectivity index (χ2v) is 4.83. The standard InChI is InChI=1S/C11H21NO2/c1-12-6-2-5-11(13,9-12)10-3-7-14-8-4-10/h10,13H,2-9H2,1H3. The fourth-order valence-electron chi connectivity index (χ4n) is 2.85. The maximum atomic E-state index is 10.6. The molecule has 3 heteroatoms. The van der Waals surface area contributed by atoms with E-state index in [1.165, 1.54) is 0 Å². The number of ether oxygens (including phenoxy) is 1. The molecular formula is C11H21NO2. The summed E-state index contributed by atoms with van der Waals surface area (Å²) in [5, 5.41) is 10.6. The normalized spacial score (nSPS) is 37.3. The molecule has 2 heterocycles. The van der Waals surface area contributed by atoms with Crippen LogP contribution >= 0.6 is 0 Å². The Balaban J connectivity index is 1.98. The van der Waals surface area contributed by atoms with Crippen molar-refractivity contribution in [2.45, 2.75) is 31.3 Å². The first-order valence-electron chi connectivity index (χ1n) is 5.69. The minimum absolute atomic E-state index is 0.434. The van der Waals surface area contributed by atoms with Crippen molar-refractivity contribution in [3.63, 3.8) is 0 Å². The first-order valence-corrected chi connectivity index (χ1v) is 5.69. The number of rotatable bonds is 1. The SMILES string of the molecule is CN1CCCC(O)(C2CCOCC2)C1. The van der Waals surface area contributed by atoms with Crippen LogP contribution in [0.1, 0.15) is 25.7 Å². The van der Waals surface area contributed by atoms with Gasteiger partial charge in [-0.3, -0.25) is 0 Å². The summed E-state index contributed by atoms with van der Waals surface area (Å²) >= 11 is 0. The van der Waals surface area contributed by atoms with Gasteiger partial charge in [0.25, 0.3) is 0 Å². The van der Waals surface area contributed by atoms with Crippen molar-refractivity contribution in [2.75, 3.05) is 33.4 Å². The molecule has 0 bridgehead atoms. The highest BCUT2D eigenvalue weighted by Crippen LogP contribution is 2.34. The molecule has 0 saturated carbocycles.